The second kappa shape index (κ2) is 8.30. The minimum atomic E-state index is -0.138. The summed E-state index contributed by atoms with van der Waals surface area (Å²) in [5, 5.41) is 10.2. The number of aromatic hydroxyl groups is 1. The predicted octanol–water partition coefficient (Wildman–Crippen LogP) is 4.34. The summed E-state index contributed by atoms with van der Waals surface area (Å²) >= 11 is 0. The molecule has 1 amide bonds. The molecule has 1 heterocycles. The molecule has 5 heteroatoms. The van der Waals surface area contributed by atoms with Crippen LogP contribution < -0.4 is 0 Å². The molecule has 0 saturated heterocycles. The molecule has 0 aliphatic rings. The number of hydrogen-bond donors (Lipinski definition) is 1. The van der Waals surface area contributed by atoms with Crippen LogP contribution in [0.3, 0.4) is 0 Å². The maximum absolute atomic E-state index is 13.2. The summed E-state index contributed by atoms with van der Waals surface area (Å²) in [5.74, 6) is 0.650. The van der Waals surface area contributed by atoms with Crippen LogP contribution >= 0.6 is 0 Å². The lowest BCUT2D eigenvalue weighted by Gasteiger charge is -2.10. The minimum absolute atomic E-state index is 0.000428. The Kier molecular flexibility index (Phi) is 5.83. The Morgan fingerprint density at radius 2 is 1.79 bits per heavy atom. The van der Waals surface area contributed by atoms with Gasteiger partial charge >= 0.3 is 0 Å². The summed E-state index contributed by atoms with van der Waals surface area (Å²) in [5.41, 5.74) is 2.53. The molecule has 0 radical (unpaired) electrons. The van der Waals surface area contributed by atoms with Gasteiger partial charge in [-0.15, -0.1) is 0 Å². The van der Waals surface area contributed by atoms with E-state index in [4.69, 9.17) is 4.42 Å². The van der Waals surface area contributed by atoms with Crippen molar-refractivity contribution in [1.82, 2.24) is 4.90 Å². The summed E-state index contributed by atoms with van der Waals surface area (Å²) < 4.78 is 6.01. The number of hydrogen-bond acceptors (Lipinski definition) is 4. The molecule has 0 bridgehead atoms. The topological polar surface area (TPSA) is 70.8 Å². The van der Waals surface area contributed by atoms with E-state index in [0.717, 1.165) is 23.8 Å². The van der Waals surface area contributed by atoms with Gasteiger partial charge in [0.2, 0.25) is 5.91 Å². The van der Waals surface area contributed by atoms with Gasteiger partial charge in [0.1, 0.15) is 17.1 Å². The fourth-order valence-corrected chi connectivity index (χ4v) is 3.16. The van der Waals surface area contributed by atoms with E-state index in [2.05, 4.69) is 6.92 Å². The van der Waals surface area contributed by atoms with Gasteiger partial charge in [0.15, 0.2) is 5.78 Å². The lowest BCUT2D eigenvalue weighted by atomic mass is 9.97. The molecule has 0 atom stereocenters. The van der Waals surface area contributed by atoms with E-state index in [9.17, 15) is 14.7 Å². The molecule has 0 aliphatic carbocycles. The van der Waals surface area contributed by atoms with Crippen LogP contribution in [0.4, 0.5) is 0 Å². The second-order valence-electron chi connectivity index (χ2n) is 7.18. The van der Waals surface area contributed by atoms with Gasteiger partial charge in [-0.2, -0.15) is 0 Å². The van der Waals surface area contributed by atoms with E-state index in [1.807, 2.05) is 18.2 Å². The van der Waals surface area contributed by atoms with Crippen LogP contribution in [0, 0.1) is 0 Å². The van der Waals surface area contributed by atoms with Crippen LogP contribution in [0.1, 0.15) is 47.0 Å². The van der Waals surface area contributed by atoms with E-state index >= 15 is 0 Å². The van der Waals surface area contributed by atoms with Crippen LogP contribution in [0.5, 0.6) is 5.75 Å². The number of phenols is 1. The molecule has 1 N–H and O–H groups in total. The number of nitrogens with zero attached hydrogens (tertiary/aromatic N) is 1. The first-order chi connectivity index (χ1) is 13.4. The van der Waals surface area contributed by atoms with E-state index in [0.29, 0.717) is 28.9 Å². The van der Waals surface area contributed by atoms with Crippen molar-refractivity contribution in [3.05, 3.63) is 64.9 Å². The van der Waals surface area contributed by atoms with Crippen molar-refractivity contribution in [2.24, 2.45) is 0 Å². The maximum Gasteiger partial charge on any atom is 0.226 e. The molecule has 28 heavy (non-hydrogen) atoms. The van der Waals surface area contributed by atoms with Gasteiger partial charge in [-0.05, 0) is 48.4 Å². The molecule has 1 aromatic heterocycles. The van der Waals surface area contributed by atoms with Crippen LogP contribution in [0.25, 0.3) is 11.0 Å². The number of ketones is 1. The second-order valence-corrected chi connectivity index (χ2v) is 7.18. The lowest BCUT2D eigenvalue weighted by molar-refractivity contribution is -0.127. The number of unbranched alkanes of at least 4 members (excludes halogenated alkanes) is 1. The number of benzene rings is 2. The SMILES string of the molecule is CCCCc1oc2ccc(CC(=O)N(C)C)cc2c1C(=O)c1ccc(O)cc1. The molecule has 0 fully saturated rings. The van der Waals surface area contributed by atoms with Crippen molar-refractivity contribution in [1.29, 1.82) is 0 Å². The first kappa shape index (κ1) is 19.7. The van der Waals surface area contributed by atoms with Crippen LogP contribution in [0.2, 0.25) is 0 Å². The standard InChI is InChI=1S/C23H25NO4/c1-4-5-6-20-22(23(27)16-8-10-17(25)11-9-16)18-13-15(7-12-19(18)28-20)14-21(26)24(2)3/h7-13,25H,4-6,14H2,1-3H3. The van der Waals surface area contributed by atoms with Gasteiger partial charge < -0.3 is 14.4 Å². The summed E-state index contributed by atoms with van der Waals surface area (Å²) in [4.78, 5) is 26.9. The fourth-order valence-electron chi connectivity index (χ4n) is 3.16. The number of carbonyl (C=O) groups excluding carboxylic acids is 2. The monoisotopic (exact) mass is 379 g/mol. The zero-order valence-corrected chi connectivity index (χ0v) is 16.5. The quantitative estimate of drug-likeness (QED) is 0.620. The van der Waals surface area contributed by atoms with Crippen molar-refractivity contribution in [2.45, 2.75) is 32.6 Å². The Bertz CT molecular complexity index is 999. The number of amides is 1. The highest BCUT2D eigenvalue weighted by atomic mass is 16.3. The number of phenolic OH excluding ortho intramolecular Hbond substituents is 1. The molecule has 0 saturated carbocycles. The van der Waals surface area contributed by atoms with Crippen molar-refractivity contribution in [3.8, 4) is 5.75 Å². The molecule has 5 nitrogen and oxygen atoms in total. The van der Waals surface area contributed by atoms with Crippen LogP contribution in [-0.4, -0.2) is 35.8 Å². The van der Waals surface area contributed by atoms with Crippen molar-refractivity contribution >= 4 is 22.7 Å². The fraction of sp³-hybridized carbons (Fsp3) is 0.304. The third-order valence-corrected chi connectivity index (χ3v) is 4.79. The smallest absolute Gasteiger partial charge is 0.226 e. The average Bonchev–Trinajstić information content (AvgIpc) is 3.03. The number of carbonyl (C=O) groups is 2. The first-order valence-electron chi connectivity index (χ1n) is 9.49. The maximum atomic E-state index is 13.2. The summed E-state index contributed by atoms with van der Waals surface area (Å²) in [6, 6.07) is 11.8. The highest BCUT2D eigenvalue weighted by molar-refractivity contribution is 6.17. The third-order valence-electron chi connectivity index (χ3n) is 4.79. The molecule has 2 aromatic carbocycles. The van der Waals surface area contributed by atoms with E-state index in [1.54, 1.807) is 31.1 Å². The van der Waals surface area contributed by atoms with Gasteiger partial charge in [0.05, 0.1) is 12.0 Å². The molecular weight excluding hydrogens is 354 g/mol. The molecule has 0 aliphatic heterocycles. The Balaban J connectivity index is 2.08. The highest BCUT2D eigenvalue weighted by Crippen LogP contribution is 2.31. The van der Waals surface area contributed by atoms with E-state index < -0.39 is 0 Å². The first-order valence-corrected chi connectivity index (χ1v) is 9.49. The van der Waals surface area contributed by atoms with Gasteiger partial charge in [-0.25, -0.2) is 0 Å². The Hall–Kier alpha value is -3.08. The summed E-state index contributed by atoms with van der Waals surface area (Å²) in [7, 11) is 3.45. The van der Waals surface area contributed by atoms with Crippen molar-refractivity contribution in [3.63, 3.8) is 0 Å². The van der Waals surface area contributed by atoms with E-state index in [-0.39, 0.29) is 23.9 Å². The molecule has 0 spiro atoms. The molecule has 3 rings (SSSR count). The molecular formula is C23H25NO4. The summed E-state index contributed by atoms with van der Waals surface area (Å²) in [6.07, 6.45) is 2.86. The minimum Gasteiger partial charge on any atom is -0.508 e. The Morgan fingerprint density at radius 3 is 2.43 bits per heavy atom. The molecule has 3 aromatic rings. The van der Waals surface area contributed by atoms with Crippen molar-refractivity contribution in [2.75, 3.05) is 14.1 Å². The predicted molar refractivity (Wildman–Crippen MR) is 109 cm³/mol. The Morgan fingerprint density at radius 1 is 1.07 bits per heavy atom. The number of rotatable bonds is 7. The number of likely N-dealkylation sites (N-methyl/N-ethyl adjacent to an activating group) is 1. The normalized spacial score (nSPS) is 11.0. The summed E-state index contributed by atoms with van der Waals surface area (Å²) in [6.45, 7) is 2.09. The highest BCUT2D eigenvalue weighted by Gasteiger charge is 2.22. The third kappa shape index (κ3) is 4.09. The van der Waals surface area contributed by atoms with Gasteiger partial charge in [-0.3, -0.25) is 9.59 Å². The lowest BCUT2D eigenvalue weighted by Crippen LogP contribution is -2.23. The van der Waals surface area contributed by atoms with Crippen LogP contribution in [-0.2, 0) is 17.6 Å². The largest absolute Gasteiger partial charge is 0.508 e. The Labute approximate surface area is 164 Å². The van der Waals surface area contributed by atoms with E-state index in [1.165, 1.54) is 12.1 Å². The number of aryl methyl sites for hydroxylation is 1. The van der Waals surface area contributed by atoms with Gasteiger partial charge in [0, 0.05) is 31.5 Å². The van der Waals surface area contributed by atoms with Gasteiger partial charge in [-0.1, -0.05) is 19.4 Å². The zero-order chi connectivity index (χ0) is 20.3. The zero-order valence-electron chi connectivity index (χ0n) is 16.5. The average molecular weight is 379 g/mol. The number of furan rings is 1. The van der Waals surface area contributed by atoms with Crippen LogP contribution in [0.15, 0.2) is 46.9 Å². The molecule has 0 unspecified atom stereocenters. The molecule has 146 valence electrons. The van der Waals surface area contributed by atoms with Gasteiger partial charge in [0.25, 0.3) is 0 Å². The number of fused-ring (bicyclic) bond motifs is 1. The van der Waals surface area contributed by atoms with Crippen molar-refractivity contribution < 1.29 is 19.1 Å².